The van der Waals surface area contributed by atoms with Crippen molar-refractivity contribution >= 4 is 5.69 Å². The third kappa shape index (κ3) is 2.98. The van der Waals surface area contributed by atoms with Gasteiger partial charge in [0, 0.05) is 25.8 Å². The Morgan fingerprint density at radius 1 is 1.39 bits per heavy atom. The summed E-state index contributed by atoms with van der Waals surface area (Å²) in [5.74, 6) is 1.67. The van der Waals surface area contributed by atoms with Crippen LogP contribution in [0.4, 0.5) is 5.69 Å². The van der Waals surface area contributed by atoms with Crippen molar-refractivity contribution in [3.8, 4) is 5.75 Å². The minimum Gasteiger partial charge on any atom is -0.485 e. The number of hydrogen-bond donors (Lipinski definition) is 1. The van der Waals surface area contributed by atoms with E-state index in [0.717, 1.165) is 11.4 Å². The highest BCUT2D eigenvalue weighted by Crippen LogP contribution is 2.19. The predicted octanol–water partition coefficient (Wildman–Crippen LogP) is 1.17. The molecule has 6 nitrogen and oxygen atoms in total. The SMILES string of the molecule is CN(C)c1cccc(OCc2noc(CN)n2)c1. The lowest BCUT2D eigenvalue weighted by molar-refractivity contribution is 0.285. The molecule has 0 aliphatic rings. The van der Waals surface area contributed by atoms with Gasteiger partial charge >= 0.3 is 0 Å². The standard InChI is InChI=1S/C12H16N4O2/c1-16(2)9-4-3-5-10(6-9)17-8-11-14-12(7-13)18-15-11/h3-6H,7-8,13H2,1-2H3. The first kappa shape index (κ1) is 12.4. The van der Waals surface area contributed by atoms with Crippen molar-refractivity contribution in [3.63, 3.8) is 0 Å². The summed E-state index contributed by atoms with van der Waals surface area (Å²) in [5.41, 5.74) is 6.45. The molecule has 2 aromatic rings. The lowest BCUT2D eigenvalue weighted by atomic mass is 10.3. The fraction of sp³-hybridized carbons (Fsp3) is 0.333. The topological polar surface area (TPSA) is 77.4 Å². The van der Waals surface area contributed by atoms with Crippen LogP contribution in [0.25, 0.3) is 0 Å². The third-order valence-electron chi connectivity index (χ3n) is 2.39. The number of ether oxygens (including phenoxy) is 1. The number of aromatic nitrogens is 2. The number of hydrogen-bond acceptors (Lipinski definition) is 6. The van der Waals surface area contributed by atoms with E-state index in [2.05, 4.69) is 10.1 Å². The zero-order valence-corrected chi connectivity index (χ0v) is 10.5. The van der Waals surface area contributed by atoms with Crippen LogP contribution in [-0.4, -0.2) is 24.2 Å². The Morgan fingerprint density at radius 3 is 2.89 bits per heavy atom. The average molecular weight is 248 g/mol. The normalized spacial score (nSPS) is 10.4. The number of benzene rings is 1. The maximum Gasteiger partial charge on any atom is 0.240 e. The lowest BCUT2D eigenvalue weighted by Gasteiger charge is -2.13. The van der Waals surface area contributed by atoms with Gasteiger partial charge in [0.25, 0.3) is 0 Å². The minimum atomic E-state index is 0.239. The first-order chi connectivity index (χ1) is 8.69. The van der Waals surface area contributed by atoms with Gasteiger partial charge in [-0.25, -0.2) is 0 Å². The van der Waals surface area contributed by atoms with E-state index in [9.17, 15) is 0 Å². The van der Waals surface area contributed by atoms with Crippen LogP contribution in [0.1, 0.15) is 11.7 Å². The quantitative estimate of drug-likeness (QED) is 0.856. The Labute approximate surface area is 105 Å². The first-order valence-corrected chi connectivity index (χ1v) is 5.61. The zero-order chi connectivity index (χ0) is 13.0. The second kappa shape index (κ2) is 5.50. The van der Waals surface area contributed by atoms with E-state index in [-0.39, 0.29) is 13.2 Å². The Bertz CT molecular complexity index is 510. The van der Waals surface area contributed by atoms with E-state index in [1.807, 2.05) is 43.3 Å². The summed E-state index contributed by atoms with van der Waals surface area (Å²) in [7, 11) is 3.96. The molecular formula is C12H16N4O2. The summed E-state index contributed by atoms with van der Waals surface area (Å²) >= 11 is 0. The minimum absolute atomic E-state index is 0.239. The molecule has 0 radical (unpaired) electrons. The van der Waals surface area contributed by atoms with Crippen molar-refractivity contribution in [2.75, 3.05) is 19.0 Å². The fourth-order valence-electron chi connectivity index (χ4n) is 1.43. The molecule has 0 saturated heterocycles. The van der Waals surface area contributed by atoms with E-state index in [4.69, 9.17) is 15.0 Å². The van der Waals surface area contributed by atoms with Gasteiger partial charge in [0.05, 0.1) is 6.54 Å². The van der Waals surface area contributed by atoms with Gasteiger partial charge in [-0.2, -0.15) is 4.98 Å². The van der Waals surface area contributed by atoms with Crippen molar-refractivity contribution in [1.82, 2.24) is 10.1 Å². The van der Waals surface area contributed by atoms with Crippen LogP contribution in [0.15, 0.2) is 28.8 Å². The van der Waals surface area contributed by atoms with Gasteiger partial charge in [0.15, 0.2) is 6.61 Å². The van der Waals surface area contributed by atoms with Crippen molar-refractivity contribution in [1.29, 1.82) is 0 Å². The first-order valence-electron chi connectivity index (χ1n) is 5.61. The smallest absolute Gasteiger partial charge is 0.240 e. The fourth-order valence-corrected chi connectivity index (χ4v) is 1.43. The monoisotopic (exact) mass is 248 g/mol. The summed E-state index contributed by atoms with van der Waals surface area (Å²) < 4.78 is 10.5. The lowest BCUT2D eigenvalue weighted by Crippen LogP contribution is -2.08. The maximum absolute atomic E-state index is 5.59. The van der Waals surface area contributed by atoms with Gasteiger partial charge in [-0.1, -0.05) is 11.2 Å². The van der Waals surface area contributed by atoms with Gasteiger partial charge in [-0.3, -0.25) is 0 Å². The van der Waals surface area contributed by atoms with Gasteiger partial charge in [0.1, 0.15) is 5.75 Å². The molecule has 2 rings (SSSR count). The van der Waals surface area contributed by atoms with Crippen LogP contribution in [0.3, 0.4) is 0 Å². The molecule has 0 atom stereocenters. The molecule has 2 N–H and O–H groups in total. The number of rotatable bonds is 5. The Balaban J connectivity index is 1.99. The summed E-state index contributed by atoms with van der Waals surface area (Å²) in [6.45, 7) is 0.503. The number of nitrogens with zero attached hydrogens (tertiary/aromatic N) is 3. The molecule has 18 heavy (non-hydrogen) atoms. The van der Waals surface area contributed by atoms with Gasteiger partial charge in [-0.15, -0.1) is 0 Å². The predicted molar refractivity (Wildman–Crippen MR) is 67.3 cm³/mol. The molecule has 1 heterocycles. The van der Waals surface area contributed by atoms with Crippen molar-refractivity contribution in [3.05, 3.63) is 36.0 Å². The largest absolute Gasteiger partial charge is 0.485 e. The van der Waals surface area contributed by atoms with E-state index < -0.39 is 0 Å². The average Bonchev–Trinajstić information content (AvgIpc) is 2.84. The number of anilines is 1. The number of nitrogens with two attached hydrogens (primary N) is 1. The van der Waals surface area contributed by atoms with Gasteiger partial charge in [0.2, 0.25) is 11.7 Å². The highest BCUT2D eigenvalue weighted by atomic mass is 16.5. The molecule has 0 fully saturated rings. The zero-order valence-electron chi connectivity index (χ0n) is 10.5. The van der Waals surface area contributed by atoms with Gasteiger partial charge in [-0.05, 0) is 12.1 Å². The van der Waals surface area contributed by atoms with Gasteiger partial charge < -0.3 is 19.9 Å². The second-order valence-electron chi connectivity index (χ2n) is 3.99. The molecule has 1 aromatic heterocycles. The molecule has 0 amide bonds. The van der Waals surface area contributed by atoms with Crippen LogP contribution in [0.5, 0.6) is 5.75 Å². The van der Waals surface area contributed by atoms with E-state index in [1.165, 1.54) is 0 Å². The highest BCUT2D eigenvalue weighted by molar-refractivity contribution is 5.49. The van der Waals surface area contributed by atoms with Crippen molar-refractivity contribution in [2.45, 2.75) is 13.2 Å². The van der Waals surface area contributed by atoms with Crippen LogP contribution >= 0.6 is 0 Å². The Morgan fingerprint density at radius 2 is 2.22 bits per heavy atom. The van der Waals surface area contributed by atoms with E-state index >= 15 is 0 Å². The molecule has 0 aliphatic carbocycles. The summed E-state index contributed by atoms with van der Waals surface area (Å²) in [6.07, 6.45) is 0. The molecule has 0 unspecified atom stereocenters. The summed E-state index contributed by atoms with van der Waals surface area (Å²) in [6, 6.07) is 7.78. The molecule has 96 valence electrons. The molecule has 1 aromatic carbocycles. The van der Waals surface area contributed by atoms with Crippen LogP contribution in [0.2, 0.25) is 0 Å². The highest BCUT2D eigenvalue weighted by Gasteiger charge is 2.05. The summed E-state index contributed by atoms with van der Waals surface area (Å²) in [5, 5.41) is 3.76. The van der Waals surface area contributed by atoms with E-state index in [1.54, 1.807) is 0 Å². The molecule has 0 saturated carbocycles. The molecular weight excluding hydrogens is 232 g/mol. The second-order valence-corrected chi connectivity index (χ2v) is 3.99. The van der Waals surface area contributed by atoms with Crippen molar-refractivity contribution < 1.29 is 9.26 Å². The van der Waals surface area contributed by atoms with Crippen LogP contribution < -0.4 is 15.4 Å². The molecule has 0 aliphatic heterocycles. The Hall–Kier alpha value is -2.08. The van der Waals surface area contributed by atoms with Crippen molar-refractivity contribution in [2.24, 2.45) is 5.73 Å². The molecule has 6 heteroatoms. The molecule has 0 bridgehead atoms. The van der Waals surface area contributed by atoms with Crippen LogP contribution in [0, 0.1) is 0 Å². The third-order valence-corrected chi connectivity index (χ3v) is 2.39. The summed E-state index contributed by atoms with van der Waals surface area (Å²) in [4.78, 5) is 6.07. The molecule has 0 spiro atoms. The maximum atomic E-state index is 5.59. The van der Waals surface area contributed by atoms with E-state index in [0.29, 0.717) is 11.7 Å². The Kier molecular flexibility index (Phi) is 3.78. The van der Waals surface area contributed by atoms with Crippen LogP contribution in [-0.2, 0) is 13.2 Å².